The predicted molar refractivity (Wildman–Crippen MR) is 106 cm³/mol. The molecule has 0 aliphatic rings. The zero-order chi connectivity index (χ0) is 18.5. The summed E-state index contributed by atoms with van der Waals surface area (Å²) in [5.74, 6) is -0.145. The number of benzene rings is 2. The first-order valence-corrected chi connectivity index (χ1v) is 8.74. The average Bonchev–Trinajstić information content (AvgIpc) is 2.64. The molecule has 0 atom stereocenters. The second-order valence-corrected chi connectivity index (χ2v) is 6.47. The Balaban J connectivity index is 1.99. The van der Waals surface area contributed by atoms with Gasteiger partial charge in [-0.25, -0.2) is 4.98 Å². The van der Waals surface area contributed by atoms with E-state index in [-0.39, 0.29) is 12.5 Å². The van der Waals surface area contributed by atoms with Gasteiger partial charge < -0.3 is 15.7 Å². The number of aliphatic carboxylic acids is 1. The number of hydrogen-bond donors (Lipinski definition) is 3. The van der Waals surface area contributed by atoms with E-state index in [1.54, 1.807) is 0 Å². The zero-order valence-electron chi connectivity index (χ0n) is 14.0. The Bertz CT molecular complexity index is 932. The molecule has 7 heteroatoms. The van der Waals surface area contributed by atoms with Gasteiger partial charge in [-0.1, -0.05) is 52.3 Å². The maximum absolute atomic E-state index is 10.8. The van der Waals surface area contributed by atoms with Crippen LogP contribution < -0.4 is 10.6 Å². The quantitative estimate of drug-likeness (QED) is 0.554. The number of anilines is 3. The summed E-state index contributed by atoms with van der Waals surface area (Å²) >= 11 is 3.52. The van der Waals surface area contributed by atoms with Gasteiger partial charge in [-0.05, 0) is 24.6 Å². The van der Waals surface area contributed by atoms with Crippen molar-refractivity contribution in [1.29, 1.82) is 0 Å². The van der Waals surface area contributed by atoms with Gasteiger partial charge in [0, 0.05) is 21.8 Å². The van der Waals surface area contributed by atoms with E-state index < -0.39 is 5.97 Å². The minimum Gasteiger partial charge on any atom is -0.480 e. The third-order valence-electron chi connectivity index (χ3n) is 3.72. The van der Waals surface area contributed by atoms with Crippen LogP contribution in [0.4, 0.5) is 17.5 Å². The molecule has 26 heavy (non-hydrogen) atoms. The van der Waals surface area contributed by atoms with Crippen LogP contribution in [0.15, 0.2) is 59.1 Å². The molecule has 3 aromatic rings. The van der Waals surface area contributed by atoms with Gasteiger partial charge in [0.15, 0.2) is 0 Å². The summed E-state index contributed by atoms with van der Waals surface area (Å²) < 4.78 is 0.990. The molecule has 0 saturated carbocycles. The highest BCUT2D eigenvalue weighted by Crippen LogP contribution is 2.28. The number of nitrogens with one attached hydrogen (secondary N) is 2. The summed E-state index contributed by atoms with van der Waals surface area (Å²) in [4.78, 5) is 19.7. The van der Waals surface area contributed by atoms with Crippen LogP contribution >= 0.6 is 15.9 Å². The second-order valence-electron chi connectivity index (χ2n) is 5.61. The molecule has 0 aliphatic heterocycles. The predicted octanol–water partition coefficient (Wildman–Crippen LogP) is 4.45. The SMILES string of the molecule is Cc1c(Br)cccc1Nc1cc(-c2ccccc2)nc(NCC(=O)O)n1. The van der Waals surface area contributed by atoms with Crippen LogP contribution in [0.3, 0.4) is 0 Å². The molecule has 1 heterocycles. The van der Waals surface area contributed by atoms with Crippen molar-refractivity contribution in [3.05, 3.63) is 64.6 Å². The lowest BCUT2D eigenvalue weighted by Gasteiger charge is -2.13. The Labute approximate surface area is 159 Å². The molecule has 1 aromatic heterocycles. The standard InChI is InChI=1S/C19H17BrN4O2/c1-12-14(20)8-5-9-15(12)22-17-10-16(13-6-3-2-4-7-13)23-19(24-17)21-11-18(25)26/h2-10H,11H2,1H3,(H,25,26)(H2,21,22,23,24). The van der Waals surface area contributed by atoms with Crippen molar-refractivity contribution < 1.29 is 9.90 Å². The third kappa shape index (κ3) is 4.37. The Morgan fingerprint density at radius 2 is 1.88 bits per heavy atom. The summed E-state index contributed by atoms with van der Waals surface area (Å²) in [6.45, 7) is 1.74. The lowest BCUT2D eigenvalue weighted by atomic mass is 10.1. The van der Waals surface area contributed by atoms with E-state index in [9.17, 15) is 4.79 Å². The molecule has 3 rings (SSSR count). The third-order valence-corrected chi connectivity index (χ3v) is 4.58. The van der Waals surface area contributed by atoms with Crippen molar-refractivity contribution in [2.24, 2.45) is 0 Å². The van der Waals surface area contributed by atoms with E-state index in [2.05, 4.69) is 36.5 Å². The first kappa shape index (κ1) is 17.9. The van der Waals surface area contributed by atoms with Gasteiger partial charge >= 0.3 is 5.97 Å². The van der Waals surface area contributed by atoms with E-state index in [0.29, 0.717) is 11.5 Å². The highest BCUT2D eigenvalue weighted by Gasteiger charge is 2.10. The number of carbonyl (C=O) groups is 1. The summed E-state index contributed by atoms with van der Waals surface area (Å²) in [5.41, 5.74) is 3.57. The molecular weight excluding hydrogens is 396 g/mol. The van der Waals surface area contributed by atoms with Crippen molar-refractivity contribution in [2.45, 2.75) is 6.92 Å². The highest BCUT2D eigenvalue weighted by molar-refractivity contribution is 9.10. The van der Waals surface area contributed by atoms with E-state index >= 15 is 0 Å². The van der Waals surface area contributed by atoms with E-state index in [4.69, 9.17) is 5.11 Å². The van der Waals surface area contributed by atoms with Gasteiger partial charge in [0.2, 0.25) is 5.95 Å². The minimum atomic E-state index is -0.976. The van der Waals surface area contributed by atoms with Gasteiger partial charge in [0.25, 0.3) is 0 Å². The van der Waals surface area contributed by atoms with Gasteiger partial charge in [-0.3, -0.25) is 4.79 Å². The van der Waals surface area contributed by atoms with Gasteiger partial charge in [0.05, 0.1) is 5.69 Å². The van der Waals surface area contributed by atoms with Crippen LogP contribution in [0, 0.1) is 6.92 Å². The number of aromatic nitrogens is 2. The number of nitrogens with zero attached hydrogens (tertiary/aromatic N) is 2. The molecule has 2 aromatic carbocycles. The maximum atomic E-state index is 10.8. The molecule has 0 bridgehead atoms. The Hall–Kier alpha value is -2.93. The zero-order valence-corrected chi connectivity index (χ0v) is 15.6. The van der Waals surface area contributed by atoms with Crippen molar-refractivity contribution in [3.8, 4) is 11.3 Å². The normalized spacial score (nSPS) is 10.4. The molecular formula is C19H17BrN4O2. The summed E-state index contributed by atoms with van der Waals surface area (Å²) in [6.07, 6.45) is 0. The van der Waals surface area contributed by atoms with Crippen molar-refractivity contribution in [1.82, 2.24) is 9.97 Å². The molecule has 132 valence electrons. The molecule has 0 unspecified atom stereocenters. The van der Waals surface area contributed by atoms with Gasteiger partial charge in [0.1, 0.15) is 12.4 Å². The van der Waals surface area contributed by atoms with Crippen LogP contribution in [0.25, 0.3) is 11.3 Å². The number of hydrogen-bond acceptors (Lipinski definition) is 5. The van der Waals surface area contributed by atoms with Crippen LogP contribution in [0.2, 0.25) is 0 Å². The van der Waals surface area contributed by atoms with Crippen molar-refractivity contribution in [3.63, 3.8) is 0 Å². The van der Waals surface area contributed by atoms with Crippen LogP contribution in [-0.2, 0) is 4.79 Å². The van der Waals surface area contributed by atoms with E-state index in [1.165, 1.54) is 0 Å². The fraction of sp³-hybridized carbons (Fsp3) is 0.105. The van der Waals surface area contributed by atoms with Crippen LogP contribution in [0.1, 0.15) is 5.56 Å². The van der Waals surface area contributed by atoms with Crippen molar-refractivity contribution in [2.75, 3.05) is 17.2 Å². The Kier molecular flexibility index (Phi) is 5.48. The smallest absolute Gasteiger partial charge is 0.322 e. The molecule has 0 aliphatic carbocycles. The molecule has 3 N–H and O–H groups in total. The fourth-order valence-electron chi connectivity index (χ4n) is 2.38. The Morgan fingerprint density at radius 1 is 1.12 bits per heavy atom. The lowest BCUT2D eigenvalue weighted by molar-refractivity contribution is -0.134. The number of halogens is 1. The van der Waals surface area contributed by atoms with Gasteiger partial charge in [-0.15, -0.1) is 0 Å². The minimum absolute atomic E-state index is 0.254. The monoisotopic (exact) mass is 412 g/mol. The maximum Gasteiger partial charge on any atom is 0.322 e. The number of carboxylic acids is 1. The largest absolute Gasteiger partial charge is 0.480 e. The van der Waals surface area contributed by atoms with E-state index in [1.807, 2.05) is 61.5 Å². The molecule has 0 saturated heterocycles. The molecule has 0 amide bonds. The van der Waals surface area contributed by atoms with Gasteiger partial charge in [-0.2, -0.15) is 4.98 Å². The summed E-state index contributed by atoms with van der Waals surface area (Å²) in [5, 5.41) is 14.9. The van der Waals surface area contributed by atoms with Crippen molar-refractivity contribution >= 4 is 39.4 Å². The first-order valence-electron chi connectivity index (χ1n) is 7.95. The average molecular weight is 413 g/mol. The van der Waals surface area contributed by atoms with Crippen LogP contribution in [-0.4, -0.2) is 27.6 Å². The molecule has 0 spiro atoms. The van der Waals surface area contributed by atoms with E-state index in [0.717, 1.165) is 21.3 Å². The second kappa shape index (κ2) is 7.97. The topological polar surface area (TPSA) is 87.1 Å². The molecule has 0 radical (unpaired) electrons. The molecule has 0 fully saturated rings. The number of rotatable bonds is 6. The highest BCUT2D eigenvalue weighted by atomic mass is 79.9. The number of carboxylic acid groups (broad SMARTS) is 1. The lowest BCUT2D eigenvalue weighted by Crippen LogP contribution is -2.15. The fourth-order valence-corrected chi connectivity index (χ4v) is 2.75. The summed E-state index contributed by atoms with van der Waals surface area (Å²) in [7, 11) is 0. The summed E-state index contributed by atoms with van der Waals surface area (Å²) in [6, 6.07) is 17.3. The Morgan fingerprint density at radius 3 is 2.62 bits per heavy atom. The van der Waals surface area contributed by atoms with Crippen LogP contribution in [0.5, 0.6) is 0 Å². The first-order chi connectivity index (χ1) is 12.5. The molecule has 6 nitrogen and oxygen atoms in total.